The molecule has 1 aromatic carbocycles. The van der Waals surface area contributed by atoms with Crippen LogP contribution in [0.5, 0.6) is 11.6 Å². The molecule has 2 rings (SSSR count). The number of benzene rings is 1. The number of hydrogen-bond acceptors (Lipinski definition) is 5. The molecule has 0 radical (unpaired) electrons. The van der Waals surface area contributed by atoms with E-state index in [1.165, 1.54) is 12.4 Å². The lowest BCUT2D eigenvalue weighted by molar-refractivity contribution is 0.456. The molecule has 0 aliphatic carbocycles. The summed E-state index contributed by atoms with van der Waals surface area (Å²) in [4.78, 5) is 7.87. The fraction of sp³-hybridized carbons (Fsp3) is 0.154. The van der Waals surface area contributed by atoms with Gasteiger partial charge in [-0.1, -0.05) is 6.07 Å². The van der Waals surface area contributed by atoms with Gasteiger partial charge in [-0.3, -0.25) is 0 Å². The van der Waals surface area contributed by atoms with E-state index in [1.807, 2.05) is 26.0 Å². The van der Waals surface area contributed by atoms with Crippen LogP contribution in [-0.4, -0.2) is 9.97 Å². The first-order chi connectivity index (χ1) is 8.60. The number of anilines is 1. The molecule has 0 atom stereocenters. The van der Waals surface area contributed by atoms with Gasteiger partial charge >= 0.3 is 0 Å². The zero-order valence-electron chi connectivity index (χ0n) is 10.1. The quantitative estimate of drug-likeness (QED) is 0.814. The summed E-state index contributed by atoms with van der Waals surface area (Å²) in [6.07, 6.45) is 2.77. The van der Waals surface area contributed by atoms with E-state index >= 15 is 0 Å². The summed E-state index contributed by atoms with van der Waals surface area (Å²) in [5.41, 5.74) is 8.72. The van der Waals surface area contributed by atoms with E-state index in [1.54, 1.807) is 6.07 Å². The highest BCUT2D eigenvalue weighted by molar-refractivity contribution is 5.54. The lowest BCUT2D eigenvalue weighted by Gasteiger charge is -2.10. The van der Waals surface area contributed by atoms with Crippen LogP contribution in [-0.2, 0) is 0 Å². The normalized spacial score (nSPS) is 9.83. The number of ether oxygens (including phenoxy) is 1. The van der Waals surface area contributed by atoms with Crippen LogP contribution in [0.2, 0.25) is 0 Å². The van der Waals surface area contributed by atoms with Crippen molar-refractivity contribution in [3.63, 3.8) is 0 Å². The molecule has 1 aromatic heterocycles. The fourth-order valence-electron chi connectivity index (χ4n) is 1.50. The summed E-state index contributed by atoms with van der Waals surface area (Å²) in [6.45, 7) is 3.87. The maximum atomic E-state index is 8.62. The Labute approximate surface area is 105 Å². The Bertz CT molecular complexity index is 614. The molecule has 0 saturated heterocycles. The van der Waals surface area contributed by atoms with Crippen molar-refractivity contribution in [2.45, 2.75) is 13.8 Å². The molecule has 0 spiro atoms. The molecular weight excluding hydrogens is 228 g/mol. The van der Waals surface area contributed by atoms with Crippen molar-refractivity contribution in [2.24, 2.45) is 0 Å². The highest BCUT2D eigenvalue weighted by atomic mass is 16.5. The van der Waals surface area contributed by atoms with Gasteiger partial charge in [0.05, 0.1) is 12.4 Å². The molecule has 0 aliphatic rings. The highest BCUT2D eigenvalue weighted by Gasteiger charge is 2.06. The van der Waals surface area contributed by atoms with Gasteiger partial charge in [0.15, 0.2) is 5.69 Å². The Hall–Kier alpha value is -2.61. The van der Waals surface area contributed by atoms with Crippen LogP contribution in [0, 0.1) is 25.2 Å². The third-order valence-corrected chi connectivity index (χ3v) is 2.52. The summed E-state index contributed by atoms with van der Waals surface area (Å²) >= 11 is 0. The number of rotatable bonds is 2. The maximum absolute atomic E-state index is 8.62. The molecular formula is C13H12N4O. The second kappa shape index (κ2) is 4.72. The standard InChI is InChI=1S/C13H12N4O/c1-8-3-9(2)12(4-11(8)15)18-13-7-16-10(5-14)6-17-13/h3-4,6-7H,15H2,1-2H3. The first kappa shape index (κ1) is 11.9. The molecule has 0 fully saturated rings. The molecule has 2 aromatic rings. The van der Waals surface area contributed by atoms with Gasteiger partial charge in [-0.05, 0) is 25.0 Å². The van der Waals surface area contributed by atoms with Crippen molar-refractivity contribution in [1.29, 1.82) is 5.26 Å². The monoisotopic (exact) mass is 240 g/mol. The molecule has 90 valence electrons. The van der Waals surface area contributed by atoms with Crippen LogP contribution in [0.3, 0.4) is 0 Å². The number of nitrogens with two attached hydrogens (primary N) is 1. The van der Waals surface area contributed by atoms with Gasteiger partial charge in [0.2, 0.25) is 5.88 Å². The minimum Gasteiger partial charge on any atom is -0.437 e. The molecule has 0 unspecified atom stereocenters. The molecule has 0 bridgehead atoms. The zero-order chi connectivity index (χ0) is 13.1. The number of nitriles is 1. The second-order valence-corrected chi connectivity index (χ2v) is 3.93. The van der Waals surface area contributed by atoms with E-state index in [2.05, 4.69) is 9.97 Å². The zero-order valence-corrected chi connectivity index (χ0v) is 10.1. The van der Waals surface area contributed by atoms with Crippen LogP contribution < -0.4 is 10.5 Å². The predicted molar refractivity (Wildman–Crippen MR) is 67.1 cm³/mol. The topological polar surface area (TPSA) is 84.8 Å². The van der Waals surface area contributed by atoms with Crippen LogP contribution >= 0.6 is 0 Å². The third kappa shape index (κ3) is 2.38. The number of nitrogen functional groups attached to an aromatic ring is 1. The lowest BCUT2D eigenvalue weighted by atomic mass is 10.1. The second-order valence-electron chi connectivity index (χ2n) is 3.93. The Balaban J connectivity index is 2.28. The van der Waals surface area contributed by atoms with Gasteiger partial charge in [-0.2, -0.15) is 5.26 Å². The SMILES string of the molecule is Cc1cc(C)c(Oc2cnc(C#N)cn2)cc1N. The summed E-state index contributed by atoms with van der Waals surface area (Å²) in [5, 5.41) is 8.62. The summed E-state index contributed by atoms with van der Waals surface area (Å²) in [5.74, 6) is 0.970. The molecule has 1 heterocycles. The van der Waals surface area contributed by atoms with Gasteiger partial charge < -0.3 is 10.5 Å². The van der Waals surface area contributed by atoms with Gasteiger partial charge in [0, 0.05) is 11.8 Å². The van der Waals surface area contributed by atoms with Crippen LogP contribution in [0.1, 0.15) is 16.8 Å². The summed E-state index contributed by atoms with van der Waals surface area (Å²) < 4.78 is 5.58. The molecule has 5 nitrogen and oxygen atoms in total. The Morgan fingerprint density at radius 2 is 1.94 bits per heavy atom. The van der Waals surface area contributed by atoms with E-state index in [4.69, 9.17) is 15.7 Å². The average Bonchev–Trinajstić information content (AvgIpc) is 2.37. The van der Waals surface area contributed by atoms with Crippen molar-refractivity contribution in [1.82, 2.24) is 9.97 Å². The highest BCUT2D eigenvalue weighted by Crippen LogP contribution is 2.27. The van der Waals surface area contributed by atoms with E-state index in [0.29, 0.717) is 17.3 Å². The fourth-order valence-corrected chi connectivity index (χ4v) is 1.50. The maximum Gasteiger partial charge on any atom is 0.237 e. The number of aryl methyl sites for hydroxylation is 2. The summed E-state index contributed by atoms with van der Waals surface area (Å²) in [7, 11) is 0. The minimum atomic E-state index is 0.252. The van der Waals surface area contributed by atoms with E-state index in [0.717, 1.165) is 11.1 Å². The van der Waals surface area contributed by atoms with Crippen molar-refractivity contribution in [3.05, 3.63) is 41.3 Å². The Morgan fingerprint density at radius 3 is 2.56 bits per heavy atom. The van der Waals surface area contributed by atoms with Crippen molar-refractivity contribution in [2.75, 3.05) is 5.73 Å². The molecule has 0 saturated carbocycles. The van der Waals surface area contributed by atoms with E-state index in [-0.39, 0.29) is 5.69 Å². The van der Waals surface area contributed by atoms with Gasteiger partial charge in [-0.15, -0.1) is 0 Å². The number of nitrogens with zero attached hydrogens (tertiary/aromatic N) is 3. The first-order valence-electron chi connectivity index (χ1n) is 5.37. The Morgan fingerprint density at radius 1 is 1.17 bits per heavy atom. The van der Waals surface area contributed by atoms with E-state index in [9.17, 15) is 0 Å². The van der Waals surface area contributed by atoms with E-state index < -0.39 is 0 Å². The van der Waals surface area contributed by atoms with Crippen LogP contribution in [0.25, 0.3) is 0 Å². The lowest BCUT2D eigenvalue weighted by Crippen LogP contribution is -1.96. The predicted octanol–water partition coefficient (Wildman–Crippen LogP) is 2.34. The van der Waals surface area contributed by atoms with Gasteiger partial charge in [0.25, 0.3) is 0 Å². The average molecular weight is 240 g/mol. The largest absolute Gasteiger partial charge is 0.437 e. The third-order valence-electron chi connectivity index (χ3n) is 2.52. The molecule has 5 heteroatoms. The van der Waals surface area contributed by atoms with Gasteiger partial charge in [0.1, 0.15) is 11.8 Å². The summed E-state index contributed by atoms with van der Waals surface area (Å²) in [6, 6.07) is 5.60. The van der Waals surface area contributed by atoms with Crippen LogP contribution in [0.15, 0.2) is 24.5 Å². The molecule has 18 heavy (non-hydrogen) atoms. The Kier molecular flexibility index (Phi) is 3.11. The van der Waals surface area contributed by atoms with Crippen molar-refractivity contribution in [3.8, 4) is 17.7 Å². The smallest absolute Gasteiger partial charge is 0.237 e. The minimum absolute atomic E-state index is 0.252. The number of hydrogen-bond donors (Lipinski definition) is 1. The molecule has 0 amide bonds. The molecule has 0 aliphatic heterocycles. The number of aromatic nitrogens is 2. The molecule has 2 N–H and O–H groups in total. The first-order valence-corrected chi connectivity index (χ1v) is 5.37. The van der Waals surface area contributed by atoms with Crippen molar-refractivity contribution < 1.29 is 4.74 Å². The van der Waals surface area contributed by atoms with Crippen molar-refractivity contribution >= 4 is 5.69 Å². The van der Waals surface area contributed by atoms with Gasteiger partial charge in [-0.25, -0.2) is 9.97 Å². The van der Waals surface area contributed by atoms with Crippen LogP contribution in [0.4, 0.5) is 5.69 Å².